The van der Waals surface area contributed by atoms with Crippen molar-refractivity contribution in [3.8, 4) is 0 Å². The largest absolute Gasteiger partial charge is 0.390 e. The fourth-order valence-electron chi connectivity index (χ4n) is 8.03. The van der Waals surface area contributed by atoms with E-state index in [9.17, 15) is 14.7 Å². The minimum atomic E-state index is -0.803. The van der Waals surface area contributed by atoms with Gasteiger partial charge in [0.2, 0.25) is 0 Å². The van der Waals surface area contributed by atoms with Gasteiger partial charge in [-0.3, -0.25) is 14.3 Å². The van der Waals surface area contributed by atoms with Gasteiger partial charge in [0.1, 0.15) is 24.1 Å². The number of aromatic amines is 1. The van der Waals surface area contributed by atoms with Crippen LogP contribution in [0, 0.1) is 6.92 Å². The Morgan fingerprint density at radius 3 is 1.93 bits per heavy atom. The van der Waals surface area contributed by atoms with E-state index in [1.54, 1.807) is 17.8 Å². The highest BCUT2D eigenvalue weighted by Crippen LogP contribution is 2.35. The highest BCUT2D eigenvalue weighted by atomic mass is 16.7. The number of aliphatic hydroxyl groups is 1. The number of ether oxygens (including phenoxy) is 4. The van der Waals surface area contributed by atoms with Crippen LogP contribution in [0.2, 0.25) is 0 Å². The molecule has 2 aliphatic rings. The first-order valence-electron chi connectivity index (χ1n) is 22.3. The third-order valence-corrected chi connectivity index (χ3v) is 11.4. The summed E-state index contributed by atoms with van der Waals surface area (Å²) in [6.45, 7) is 7.69. The lowest BCUT2D eigenvalue weighted by Gasteiger charge is -2.28. The first-order chi connectivity index (χ1) is 26.8. The standard InChI is InChI=1S/C43H75N5O7/c1-4-6-8-10-12-14-16-18-20-22-24-26-43(27-25-23-21-19-17-15-13-11-9-7-5-2)53-34-37(55-43)33-52-32-36-30-47(46-45-36)31-39-38(49)28-40(54-39)48-29-35(3)41(50)44-42(48)51/h29-30,37-40,49H,4-28,31-34H2,1-3H3,(H,44,50,51)/t37?,38-,39-,40-/m1/s1. The maximum atomic E-state index is 12.3. The first kappa shape index (κ1) is 45.3. The second-order valence-electron chi connectivity index (χ2n) is 16.4. The number of rotatable bonds is 31. The van der Waals surface area contributed by atoms with E-state index >= 15 is 0 Å². The average molecular weight is 774 g/mol. The Balaban J connectivity index is 1.16. The predicted molar refractivity (Wildman–Crippen MR) is 216 cm³/mol. The minimum Gasteiger partial charge on any atom is -0.390 e. The molecule has 314 valence electrons. The molecule has 2 aromatic rings. The normalized spacial score (nSPS) is 20.9. The number of hydrogen-bond acceptors (Lipinski definition) is 9. The molecule has 0 aromatic carbocycles. The molecule has 2 aromatic heterocycles. The van der Waals surface area contributed by atoms with Crippen LogP contribution in [0.4, 0.5) is 0 Å². The number of unbranched alkanes of at least 4 members (excludes halogenated alkanes) is 20. The molecule has 12 nitrogen and oxygen atoms in total. The van der Waals surface area contributed by atoms with Gasteiger partial charge in [-0.15, -0.1) is 5.10 Å². The fourth-order valence-corrected chi connectivity index (χ4v) is 8.03. The highest BCUT2D eigenvalue weighted by molar-refractivity contribution is 5.02. The lowest BCUT2D eigenvalue weighted by atomic mass is 9.98. The topological polar surface area (TPSA) is 143 Å². The Bertz CT molecular complexity index is 1400. The summed E-state index contributed by atoms with van der Waals surface area (Å²) < 4.78 is 28.2. The molecule has 0 radical (unpaired) electrons. The summed E-state index contributed by atoms with van der Waals surface area (Å²) in [5.41, 5.74) is 0.0736. The molecule has 2 fully saturated rings. The van der Waals surface area contributed by atoms with Crippen LogP contribution < -0.4 is 11.2 Å². The summed E-state index contributed by atoms with van der Waals surface area (Å²) in [6.07, 6.45) is 32.3. The smallest absolute Gasteiger partial charge is 0.330 e. The third-order valence-electron chi connectivity index (χ3n) is 11.4. The quantitative estimate of drug-likeness (QED) is 0.0719. The zero-order chi connectivity index (χ0) is 39.1. The maximum absolute atomic E-state index is 12.3. The van der Waals surface area contributed by atoms with Gasteiger partial charge in [-0.05, 0) is 19.8 Å². The Morgan fingerprint density at radius 1 is 0.818 bits per heavy atom. The third kappa shape index (κ3) is 16.6. The van der Waals surface area contributed by atoms with Crippen LogP contribution >= 0.6 is 0 Å². The number of hydrogen-bond donors (Lipinski definition) is 2. The molecule has 2 N–H and O–H groups in total. The van der Waals surface area contributed by atoms with Gasteiger partial charge in [0.05, 0.1) is 38.7 Å². The summed E-state index contributed by atoms with van der Waals surface area (Å²) in [5.74, 6) is -0.505. The zero-order valence-corrected chi connectivity index (χ0v) is 34.7. The summed E-state index contributed by atoms with van der Waals surface area (Å²) in [5, 5.41) is 19.1. The Morgan fingerprint density at radius 2 is 1.36 bits per heavy atom. The lowest BCUT2D eigenvalue weighted by molar-refractivity contribution is -0.184. The van der Waals surface area contributed by atoms with Crippen molar-refractivity contribution in [3.05, 3.63) is 44.5 Å². The van der Waals surface area contributed by atoms with Crippen molar-refractivity contribution in [3.63, 3.8) is 0 Å². The molecule has 55 heavy (non-hydrogen) atoms. The van der Waals surface area contributed by atoms with Crippen LogP contribution in [0.15, 0.2) is 22.0 Å². The molecule has 12 heteroatoms. The van der Waals surface area contributed by atoms with Crippen LogP contribution in [0.3, 0.4) is 0 Å². The number of aliphatic hydroxyl groups excluding tert-OH is 1. The molecule has 0 amide bonds. The summed E-state index contributed by atoms with van der Waals surface area (Å²) in [7, 11) is 0. The highest BCUT2D eigenvalue weighted by Gasteiger charge is 2.40. The molecule has 4 heterocycles. The van der Waals surface area contributed by atoms with Crippen molar-refractivity contribution in [1.82, 2.24) is 24.5 Å². The van der Waals surface area contributed by atoms with Crippen LogP contribution in [0.25, 0.3) is 0 Å². The molecule has 0 saturated carbocycles. The SMILES string of the molecule is CCCCCCCCCCCCCC1(CCCCCCCCCCCCC)OCC(COCc2cn(C[C@H]3O[C@@H](n4cc(C)c(=O)[nH]c4=O)C[C@H]3O)nn2)O1. The number of nitrogens with one attached hydrogen (secondary N) is 1. The van der Waals surface area contributed by atoms with Crippen LogP contribution in [0.5, 0.6) is 0 Å². The molecule has 4 rings (SSSR count). The summed E-state index contributed by atoms with van der Waals surface area (Å²) in [4.78, 5) is 26.4. The monoisotopic (exact) mass is 774 g/mol. The van der Waals surface area contributed by atoms with Crippen LogP contribution in [0.1, 0.15) is 192 Å². The van der Waals surface area contributed by atoms with Gasteiger partial charge in [0, 0.05) is 31.0 Å². The second-order valence-corrected chi connectivity index (χ2v) is 16.4. The van der Waals surface area contributed by atoms with Crippen LogP contribution in [-0.2, 0) is 32.1 Å². The predicted octanol–water partition coefficient (Wildman–Crippen LogP) is 8.82. The Labute approximate surface area is 330 Å². The van der Waals surface area contributed by atoms with E-state index in [0.717, 1.165) is 25.7 Å². The number of aromatic nitrogens is 5. The van der Waals surface area contributed by atoms with Crippen molar-refractivity contribution in [2.24, 2.45) is 0 Å². The first-order valence-corrected chi connectivity index (χ1v) is 22.3. The lowest BCUT2D eigenvalue weighted by Crippen LogP contribution is -2.33. The molecule has 2 saturated heterocycles. The minimum absolute atomic E-state index is 0.116. The van der Waals surface area contributed by atoms with Gasteiger partial charge < -0.3 is 24.1 Å². The molecule has 0 aliphatic carbocycles. The van der Waals surface area contributed by atoms with Crippen molar-refractivity contribution < 1.29 is 24.1 Å². The molecular weight excluding hydrogens is 699 g/mol. The number of nitrogens with zero attached hydrogens (tertiary/aromatic N) is 4. The Hall–Kier alpha value is -2.38. The van der Waals surface area contributed by atoms with Crippen molar-refractivity contribution in [2.45, 2.75) is 225 Å². The van der Waals surface area contributed by atoms with E-state index in [1.165, 1.54) is 139 Å². The number of aryl methyl sites for hydroxylation is 1. The van der Waals surface area contributed by atoms with Gasteiger partial charge in [-0.1, -0.05) is 147 Å². The van der Waals surface area contributed by atoms with Gasteiger partial charge in [0.15, 0.2) is 5.79 Å². The van der Waals surface area contributed by atoms with Crippen molar-refractivity contribution in [1.29, 1.82) is 0 Å². The summed E-state index contributed by atoms with van der Waals surface area (Å²) in [6, 6.07) is 0. The second kappa shape index (κ2) is 25.8. The zero-order valence-electron chi connectivity index (χ0n) is 34.7. The van der Waals surface area contributed by atoms with Gasteiger partial charge in [-0.25, -0.2) is 9.48 Å². The molecule has 0 spiro atoms. The molecule has 4 atom stereocenters. The maximum Gasteiger partial charge on any atom is 0.330 e. The van der Waals surface area contributed by atoms with E-state index in [2.05, 4.69) is 29.1 Å². The van der Waals surface area contributed by atoms with E-state index in [-0.39, 0.29) is 25.7 Å². The van der Waals surface area contributed by atoms with E-state index < -0.39 is 35.5 Å². The van der Waals surface area contributed by atoms with E-state index in [1.807, 2.05) is 0 Å². The van der Waals surface area contributed by atoms with Gasteiger partial charge in [-0.2, -0.15) is 0 Å². The Kier molecular flexibility index (Phi) is 21.2. The average Bonchev–Trinajstić information content (AvgIpc) is 3.90. The van der Waals surface area contributed by atoms with E-state index in [0.29, 0.717) is 24.5 Å². The molecular formula is C43H75N5O7. The van der Waals surface area contributed by atoms with Gasteiger partial charge in [0.25, 0.3) is 5.56 Å². The molecule has 1 unspecified atom stereocenters. The molecule has 2 aliphatic heterocycles. The van der Waals surface area contributed by atoms with Crippen molar-refractivity contribution >= 4 is 0 Å². The number of H-pyrrole nitrogens is 1. The fraction of sp³-hybridized carbons (Fsp3) is 0.860. The van der Waals surface area contributed by atoms with Crippen LogP contribution in [-0.4, -0.2) is 67.0 Å². The summed E-state index contributed by atoms with van der Waals surface area (Å²) >= 11 is 0. The van der Waals surface area contributed by atoms with Crippen molar-refractivity contribution in [2.75, 3.05) is 13.2 Å². The van der Waals surface area contributed by atoms with E-state index in [4.69, 9.17) is 18.9 Å². The molecule has 0 bridgehead atoms. The van der Waals surface area contributed by atoms with Gasteiger partial charge >= 0.3 is 5.69 Å².